The summed E-state index contributed by atoms with van der Waals surface area (Å²) < 4.78 is 44.4. The molecule has 1 aromatic heterocycles. The van der Waals surface area contributed by atoms with Gasteiger partial charge in [-0.3, -0.25) is 0 Å². The van der Waals surface area contributed by atoms with E-state index in [0.29, 0.717) is 0 Å². The molecule has 0 aliphatic rings. The summed E-state index contributed by atoms with van der Waals surface area (Å²) in [6.07, 6.45) is -1.86. The maximum Gasteiger partial charge on any atom is 0.281 e. The van der Waals surface area contributed by atoms with E-state index in [1.54, 1.807) is 0 Å². The fraction of sp³-hybridized carbons (Fsp3) is 0.167. The Morgan fingerprint density at radius 3 is 2.60 bits per heavy atom. The van der Waals surface area contributed by atoms with E-state index in [0.717, 1.165) is 12.4 Å². The third kappa shape index (κ3) is 2.73. The van der Waals surface area contributed by atoms with Crippen molar-refractivity contribution in [1.82, 2.24) is 9.97 Å². The SMILES string of the molecule is COc1cc(-c2ncnc(C(F)F)c2Br)c(F)cc1Cl. The normalized spacial score (nSPS) is 10.9. The molecule has 20 heavy (non-hydrogen) atoms. The van der Waals surface area contributed by atoms with Crippen LogP contribution in [-0.4, -0.2) is 17.1 Å². The lowest BCUT2D eigenvalue weighted by Crippen LogP contribution is -1.99. The molecule has 1 heterocycles. The second-order valence-electron chi connectivity index (χ2n) is 3.69. The first-order chi connectivity index (χ1) is 9.45. The average Bonchev–Trinajstić information content (AvgIpc) is 2.39. The van der Waals surface area contributed by atoms with Gasteiger partial charge in [0.25, 0.3) is 6.43 Å². The number of nitrogens with zero attached hydrogens (tertiary/aromatic N) is 2. The number of methoxy groups -OCH3 is 1. The number of aromatic nitrogens is 2. The lowest BCUT2D eigenvalue weighted by atomic mass is 10.1. The summed E-state index contributed by atoms with van der Waals surface area (Å²) in [5.74, 6) is -0.484. The minimum absolute atomic E-state index is 0.00256. The van der Waals surface area contributed by atoms with Crippen LogP contribution in [0.2, 0.25) is 5.02 Å². The number of hydrogen-bond acceptors (Lipinski definition) is 3. The van der Waals surface area contributed by atoms with Gasteiger partial charge < -0.3 is 4.74 Å². The molecule has 0 aliphatic heterocycles. The first-order valence-electron chi connectivity index (χ1n) is 5.27. The van der Waals surface area contributed by atoms with Crippen molar-refractivity contribution < 1.29 is 17.9 Å². The van der Waals surface area contributed by atoms with E-state index in [2.05, 4.69) is 25.9 Å². The van der Waals surface area contributed by atoms with Crippen molar-refractivity contribution >= 4 is 27.5 Å². The lowest BCUT2D eigenvalue weighted by Gasteiger charge is -2.11. The van der Waals surface area contributed by atoms with Crippen LogP contribution in [0.3, 0.4) is 0 Å². The monoisotopic (exact) mass is 366 g/mol. The molecular weight excluding hydrogens is 360 g/mol. The Kier molecular flexibility index (Phi) is 4.49. The zero-order valence-corrected chi connectivity index (χ0v) is 12.3. The van der Waals surface area contributed by atoms with Crippen LogP contribution >= 0.6 is 27.5 Å². The quantitative estimate of drug-likeness (QED) is 0.792. The highest BCUT2D eigenvalue weighted by Crippen LogP contribution is 2.37. The molecule has 2 aromatic rings. The van der Waals surface area contributed by atoms with E-state index in [4.69, 9.17) is 16.3 Å². The van der Waals surface area contributed by atoms with Crippen molar-refractivity contribution in [3.63, 3.8) is 0 Å². The summed E-state index contributed by atoms with van der Waals surface area (Å²) >= 11 is 8.75. The molecule has 0 bridgehead atoms. The zero-order chi connectivity index (χ0) is 14.9. The van der Waals surface area contributed by atoms with Gasteiger partial charge in [0, 0.05) is 5.56 Å². The van der Waals surface area contributed by atoms with Gasteiger partial charge in [0.2, 0.25) is 0 Å². The van der Waals surface area contributed by atoms with Gasteiger partial charge in [-0.1, -0.05) is 11.6 Å². The fourth-order valence-corrected chi connectivity index (χ4v) is 2.41. The summed E-state index contributed by atoms with van der Waals surface area (Å²) in [6.45, 7) is 0. The minimum atomic E-state index is -2.80. The highest BCUT2D eigenvalue weighted by atomic mass is 79.9. The first-order valence-corrected chi connectivity index (χ1v) is 6.44. The van der Waals surface area contributed by atoms with E-state index in [-0.39, 0.29) is 26.5 Å². The van der Waals surface area contributed by atoms with E-state index in [9.17, 15) is 13.2 Å². The summed E-state index contributed by atoms with van der Waals surface area (Å²) in [5, 5.41) is 0.0769. The number of hydrogen-bond donors (Lipinski definition) is 0. The van der Waals surface area contributed by atoms with Crippen LogP contribution in [0.4, 0.5) is 13.2 Å². The Labute approximate surface area is 125 Å². The molecule has 0 fully saturated rings. The summed E-state index contributed by atoms with van der Waals surface area (Å²) in [5.41, 5.74) is -0.520. The first kappa shape index (κ1) is 15.1. The maximum atomic E-state index is 14.0. The highest BCUT2D eigenvalue weighted by molar-refractivity contribution is 9.10. The highest BCUT2D eigenvalue weighted by Gasteiger charge is 2.21. The van der Waals surface area contributed by atoms with Gasteiger partial charge in [0.1, 0.15) is 23.6 Å². The van der Waals surface area contributed by atoms with E-state index < -0.39 is 17.9 Å². The van der Waals surface area contributed by atoms with E-state index >= 15 is 0 Å². The van der Waals surface area contributed by atoms with Gasteiger partial charge >= 0.3 is 0 Å². The lowest BCUT2D eigenvalue weighted by molar-refractivity contribution is 0.145. The zero-order valence-electron chi connectivity index (χ0n) is 10.0. The van der Waals surface area contributed by atoms with Crippen molar-refractivity contribution in [3.05, 3.63) is 39.5 Å². The van der Waals surface area contributed by atoms with E-state index in [1.165, 1.54) is 13.2 Å². The third-order valence-electron chi connectivity index (χ3n) is 2.52. The Bertz CT molecular complexity index is 655. The van der Waals surface area contributed by atoms with E-state index in [1.807, 2.05) is 0 Å². The topological polar surface area (TPSA) is 35.0 Å². The molecule has 2 rings (SSSR count). The predicted molar refractivity (Wildman–Crippen MR) is 71.6 cm³/mol. The Hall–Kier alpha value is -1.34. The standard InChI is InChI=1S/C12H7BrClF3N2O/c1-20-8-2-5(7(15)3-6(8)14)10-9(13)11(12(16)17)19-4-18-10/h2-4,12H,1H3. The second-order valence-corrected chi connectivity index (χ2v) is 4.89. The molecule has 0 spiro atoms. The molecule has 1 aromatic carbocycles. The maximum absolute atomic E-state index is 14.0. The molecular formula is C12H7BrClF3N2O. The predicted octanol–water partition coefficient (Wildman–Crippen LogP) is 4.64. The number of ether oxygens (including phenoxy) is 1. The number of halogens is 5. The molecule has 0 N–H and O–H groups in total. The van der Waals surface area contributed by atoms with Gasteiger partial charge in [-0.25, -0.2) is 23.1 Å². The molecule has 3 nitrogen and oxygen atoms in total. The second kappa shape index (κ2) is 5.97. The molecule has 0 aliphatic carbocycles. The molecule has 0 amide bonds. The van der Waals surface area contributed by atoms with Gasteiger partial charge in [-0.2, -0.15) is 0 Å². The molecule has 0 saturated carbocycles. The molecule has 0 unspecified atom stereocenters. The smallest absolute Gasteiger partial charge is 0.281 e. The van der Waals surface area contributed by atoms with Crippen LogP contribution in [0.15, 0.2) is 22.9 Å². The molecule has 0 saturated heterocycles. The minimum Gasteiger partial charge on any atom is -0.495 e. The van der Waals surface area contributed by atoms with Gasteiger partial charge in [-0.05, 0) is 28.1 Å². The fourth-order valence-electron chi connectivity index (χ4n) is 1.59. The third-order valence-corrected chi connectivity index (χ3v) is 3.60. The Balaban J connectivity index is 2.66. The summed E-state index contributed by atoms with van der Waals surface area (Å²) in [6, 6.07) is 2.33. The molecule has 0 radical (unpaired) electrons. The van der Waals surface area contributed by atoms with Crippen LogP contribution in [-0.2, 0) is 0 Å². The molecule has 106 valence electrons. The van der Waals surface area contributed by atoms with Gasteiger partial charge in [-0.15, -0.1) is 0 Å². The van der Waals surface area contributed by atoms with Gasteiger partial charge in [0.15, 0.2) is 0 Å². The number of rotatable bonds is 3. The Morgan fingerprint density at radius 1 is 1.30 bits per heavy atom. The van der Waals surface area contributed by atoms with Crippen molar-refractivity contribution in [2.24, 2.45) is 0 Å². The van der Waals surface area contributed by atoms with Crippen molar-refractivity contribution in [3.8, 4) is 17.0 Å². The number of benzene rings is 1. The molecule has 0 atom stereocenters. The van der Waals surface area contributed by atoms with Crippen LogP contribution in [0.5, 0.6) is 5.75 Å². The number of alkyl halides is 2. The Morgan fingerprint density at radius 2 is 2.00 bits per heavy atom. The summed E-state index contributed by atoms with van der Waals surface area (Å²) in [4.78, 5) is 7.29. The van der Waals surface area contributed by atoms with Crippen molar-refractivity contribution in [2.75, 3.05) is 7.11 Å². The van der Waals surface area contributed by atoms with Crippen LogP contribution in [0.25, 0.3) is 11.3 Å². The molecule has 8 heteroatoms. The van der Waals surface area contributed by atoms with Crippen LogP contribution in [0.1, 0.15) is 12.1 Å². The van der Waals surface area contributed by atoms with Crippen molar-refractivity contribution in [1.29, 1.82) is 0 Å². The van der Waals surface area contributed by atoms with Crippen LogP contribution < -0.4 is 4.74 Å². The largest absolute Gasteiger partial charge is 0.495 e. The van der Waals surface area contributed by atoms with Crippen LogP contribution in [0, 0.1) is 5.82 Å². The van der Waals surface area contributed by atoms with Gasteiger partial charge in [0.05, 0.1) is 22.3 Å². The van der Waals surface area contributed by atoms with Crippen molar-refractivity contribution in [2.45, 2.75) is 6.43 Å². The summed E-state index contributed by atoms with van der Waals surface area (Å²) in [7, 11) is 1.36. The average molecular weight is 368 g/mol.